The van der Waals surface area contributed by atoms with Gasteiger partial charge in [0.2, 0.25) is 0 Å². The Bertz CT molecular complexity index is 898. The Hall–Kier alpha value is -3.06. The Morgan fingerprint density at radius 1 is 1.13 bits per heavy atom. The molecule has 0 bridgehead atoms. The first kappa shape index (κ1) is 21.6. The average Bonchev–Trinajstić information content (AvgIpc) is 3.37. The van der Waals surface area contributed by atoms with E-state index in [1.54, 1.807) is 36.4 Å². The van der Waals surface area contributed by atoms with Crippen LogP contribution in [0.4, 0.5) is 0 Å². The first-order chi connectivity index (χ1) is 14.5. The molecule has 1 aliphatic heterocycles. The van der Waals surface area contributed by atoms with E-state index in [1.165, 1.54) is 11.2 Å². The van der Waals surface area contributed by atoms with E-state index in [2.05, 4.69) is 4.90 Å². The minimum absolute atomic E-state index is 0.0404. The second-order valence-electron chi connectivity index (χ2n) is 6.99. The summed E-state index contributed by atoms with van der Waals surface area (Å²) in [5.41, 5.74) is 0.482. The van der Waals surface area contributed by atoms with Crippen molar-refractivity contribution in [1.29, 1.82) is 0 Å². The molecule has 7 nitrogen and oxygen atoms in total. The molecule has 2 aromatic rings. The van der Waals surface area contributed by atoms with Gasteiger partial charge in [0.15, 0.2) is 0 Å². The summed E-state index contributed by atoms with van der Waals surface area (Å²) >= 11 is 0. The van der Waals surface area contributed by atoms with Crippen molar-refractivity contribution < 1.29 is 23.8 Å². The maximum absolute atomic E-state index is 12.9. The van der Waals surface area contributed by atoms with Gasteiger partial charge in [-0.3, -0.25) is 9.59 Å². The minimum atomic E-state index is -0.762. The fraction of sp³-hybridized carbons (Fsp3) is 0.391. The first-order valence-electron chi connectivity index (χ1n) is 10.3. The number of likely N-dealkylation sites (N-methyl/N-ethyl adjacent to an activating group) is 1. The number of ether oxygens (including phenoxy) is 1. The molecule has 7 heteroatoms. The summed E-state index contributed by atoms with van der Waals surface area (Å²) in [4.78, 5) is 29.4. The Morgan fingerprint density at radius 3 is 2.40 bits per heavy atom. The van der Waals surface area contributed by atoms with Gasteiger partial charge in [-0.1, -0.05) is 13.8 Å². The third kappa shape index (κ3) is 4.26. The number of furan rings is 1. The summed E-state index contributed by atoms with van der Waals surface area (Å²) in [5, 5.41) is 11.0. The Balaban J connectivity index is 1.99. The molecule has 1 fully saturated rings. The van der Waals surface area contributed by atoms with Gasteiger partial charge in [0.05, 0.1) is 18.4 Å². The van der Waals surface area contributed by atoms with Crippen LogP contribution in [0.25, 0.3) is 5.76 Å². The van der Waals surface area contributed by atoms with Crippen LogP contribution in [0, 0.1) is 0 Å². The quantitative estimate of drug-likeness (QED) is 0.386. The molecule has 0 spiro atoms. The maximum Gasteiger partial charge on any atom is 0.295 e. The van der Waals surface area contributed by atoms with Gasteiger partial charge in [0.1, 0.15) is 23.3 Å². The summed E-state index contributed by atoms with van der Waals surface area (Å²) in [6.07, 6.45) is 1.50. The number of amides is 1. The van der Waals surface area contributed by atoms with Crippen molar-refractivity contribution in [3.05, 3.63) is 59.6 Å². The fourth-order valence-corrected chi connectivity index (χ4v) is 3.67. The number of likely N-dealkylation sites (tertiary alicyclic amines) is 1. The lowest BCUT2D eigenvalue weighted by atomic mass is 9.99. The highest BCUT2D eigenvalue weighted by atomic mass is 16.5. The zero-order chi connectivity index (χ0) is 21.7. The molecule has 30 heavy (non-hydrogen) atoms. The van der Waals surface area contributed by atoms with Crippen molar-refractivity contribution in [3.8, 4) is 5.75 Å². The number of ketones is 1. The number of aliphatic hydroxyl groups excluding tert-OH is 1. The highest BCUT2D eigenvalue weighted by Gasteiger charge is 2.47. The number of Topliss-reactive ketones (excluding diaryl/α,β-unsaturated/α-hetero) is 1. The lowest BCUT2D eigenvalue weighted by Gasteiger charge is -2.26. The third-order valence-corrected chi connectivity index (χ3v) is 5.34. The molecule has 0 saturated carbocycles. The molecule has 1 saturated heterocycles. The van der Waals surface area contributed by atoms with Crippen molar-refractivity contribution in [2.75, 3.05) is 32.8 Å². The molecule has 2 heterocycles. The summed E-state index contributed by atoms with van der Waals surface area (Å²) in [6, 6.07) is 9.44. The normalized spacial score (nSPS) is 18.4. The van der Waals surface area contributed by atoms with E-state index >= 15 is 0 Å². The highest BCUT2D eigenvalue weighted by Crippen LogP contribution is 2.39. The number of benzene rings is 1. The van der Waals surface area contributed by atoms with Crippen LogP contribution in [-0.2, 0) is 9.59 Å². The molecule has 1 atom stereocenters. The molecule has 1 aromatic carbocycles. The van der Waals surface area contributed by atoms with E-state index in [-0.39, 0.29) is 11.3 Å². The maximum atomic E-state index is 12.9. The molecular weight excluding hydrogens is 384 g/mol. The molecular formula is C23H28N2O5. The van der Waals surface area contributed by atoms with Gasteiger partial charge < -0.3 is 24.1 Å². The molecule has 160 valence electrons. The largest absolute Gasteiger partial charge is 0.507 e. The zero-order valence-electron chi connectivity index (χ0n) is 17.6. The van der Waals surface area contributed by atoms with Gasteiger partial charge in [-0.15, -0.1) is 0 Å². The SMILES string of the molecule is CCOc1ccc(C(O)=C2C(=O)C(=O)N(CCN(CC)CC)[C@@H]2c2ccco2)cc1. The van der Waals surface area contributed by atoms with E-state index in [9.17, 15) is 14.7 Å². The first-order valence-corrected chi connectivity index (χ1v) is 10.3. The van der Waals surface area contributed by atoms with Gasteiger partial charge in [-0.05, 0) is 56.4 Å². The second-order valence-corrected chi connectivity index (χ2v) is 6.99. The van der Waals surface area contributed by atoms with Crippen LogP contribution in [-0.4, -0.2) is 59.4 Å². The predicted octanol–water partition coefficient (Wildman–Crippen LogP) is 3.44. The monoisotopic (exact) mass is 412 g/mol. The summed E-state index contributed by atoms with van der Waals surface area (Å²) in [5.74, 6) is -0.445. The number of carbonyl (C=O) groups excluding carboxylic acids is 2. The van der Waals surface area contributed by atoms with Crippen molar-refractivity contribution in [1.82, 2.24) is 9.80 Å². The predicted molar refractivity (Wildman–Crippen MR) is 113 cm³/mol. The molecule has 1 aromatic heterocycles. The zero-order valence-corrected chi connectivity index (χ0v) is 17.6. The summed E-state index contributed by atoms with van der Waals surface area (Å²) in [7, 11) is 0. The Labute approximate surface area is 176 Å². The third-order valence-electron chi connectivity index (χ3n) is 5.34. The molecule has 1 aliphatic rings. The molecule has 1 N–H and O–H groups in total. The number of carbonyl (C=O) groups is 2. The average molecular weight is 412 g/mol. The summed E-state index contributed by atoms with van der Waals surface area (Å²) < 4.78 is 11.0. The van der Waals surface area contributed by atoms with Crippen LogP contribution in [0.5, 0.6) is 5.75 Å². The van der Waals surface area contributed by atoms with Crippen LogP contribution in [0.1, 0.15) is 38.1 Å². The van der Waals surface area contributed by atoms with E-state index in [4.69, 9.17) is 9.15 Å². The smallest absolute Gasteiger partial charge is 0.295 e. The standard InChI is InChI=1S/C23H28N2O5/c1-4-24(5-2)13-14-25-20(18-8-7-15-30-18)19(22(27)23(25)28)21(26)16-9-11-17(12-10-16)29-6-3/h7-12,15,20,26H,4-6,13-14H2,1-3H3/t20-/m1/s1. The van der Waals surface area contributed by atoms with Crippen LogP contribution in [0.3, 0.4) is 0 Å². The van der Waals surface area contributed by atoms with E-state index in [1.807, 2.05) is 20.8 Å². The van der Waals surface area contributed by atoms with Crippen molar-refractivity contribution in [2.45, 2.75) is 26.8 Å². The van der Waals surface area contributed by atoms with Crippen LogP contribution in [0.15, 0.2) is 52.7 Å². The van der Waals surface area contributed by atoms with Gasteiger partial charge in [0.25, 0.3) is 11.7 Å². The van der Waals surface area contributed by atoms with Gasteiger partial charge in [-0.2, -0.15) is 0 Å². The Kier molecular flexibility index (Phi) is 6.95. The second kappa shape index (κ2) is 9.63. The topological polar surface area (TPSA) is 83.2 Å². The van der Waals surface area contributed by atoms with E-state index in [0.717, 1.165) is 13.1 Å². The van der Waals surface area contributed by atoms with E-state index in [0.29, 0.717) is 36.8 Å². The number of hydrogen-bond donors (Lipinski definition) is 1. The summed E-state index contributed by atoms with van der Waals surface area (Å²) in [6.45, 7) is 9.19. The molecule has 0 unspecified atom stereocenters. The van der Waals surface area contributed by atoms with Crippen molar-refractivity contribution in [2.24, 2.45) is 0 Å². The lowest BCUT2D eigenvalue weighted by molar-refractivity contribution is -0.140. The van der Waals surface area contributed by atoms with Crippen LogP contribution >= 0.6 is 0 Å². The lowest BCUT2D eigenvalue weighted by Crippen LogP contribution is -2.37. The highest BCUT2D eigenvalue weighted by molar-refractivity contribution is 6.46. The number of hydrogen-bond acceptors (Lipinski definition) is 6. The van der Waals surface area contributed by atoms with Gasteiger partial charge in [0, 0.05) is 18.7 Å². The van der Waals surface area contributed by atoms with Crippen molar-refractivity contribution >= 4 is 17.4 Å². The molecule has 0 aliphatic carbocycles. The molecule has 3 rings (SSSR count). The number of rotatable bonds is 9. The molecule has 1 amide bonds. The van der Waals surface area contributed by atoms with Gasteiger partial charge in [-0.25, -0.2) is 0 Å². The number of nitrogens with zero attached hydrogens (tertiary/aromatic N) is 2. The van der Waals surface area contributed by atoms with Crippen LogP contribution < -0.4 is 4.74 Å². The molecule has 0 radical (unpaired) electrons. The van der Waals surface area contributed by atoms with Gasteiger partial charge >= 0.3 is 0 Å². The van der Waals surface area contributed by atoms with Crippen molar-refractivity contribution in [3.63, 3.8) is 0 Å². The van der Waals surface area contributed by atoms with Crippen LogP contribution in [0.2, 0.25) is 0 Å². The Morgan fingerprint density at radius 2 is 1.83 bits per heavy atom. The number of aliphatic hydroxyl groups is 1. The minimum Gasteiger partial charge on any atom is -0.507 e. The van der Waals surface area contributed by atoms with E-state index < -0.39 is 17.7 Å². The fourth-order valence-electron chi connectivity index (χ4n) is 3.67.